The Labute approximate surface area is 111 Å². The quantitative estimate of drug-likeness (QED) is 0.815. The van der Waals surface area contributed by atoms with Crippen LogP contribution < -0.4 is 5.32 Å². The SMILES string of the molecule is CC1CC(N(C)C2CC3CCC(C2)N3)CC(C)O1. The van der Waals surface area contributed by atoms with Gasteiger partial charge in [0.05, 0.1) is 12.2 Å². The van der Waals surface area contributed by atoms with Gasteiger partial charge in [-0.05, 0) is 59.4 Å². The predicted octanol–water partition coefficient (Wildman–Crippen LogP) is 2.16. The molecule has 0 radical (unpaired) electrons. The van der Waals surface area contributed by atoms with Crippen molar-refractivity contribution in [3.63, 3.8) is 0 Å². The first kappa shape index (κ1) is 12.9. The van der Waals surface area contributed by atoms with E-state index in [2.05, 4.69) is 31.1 Å². The Morgan fingerprint density at radius 2 is 1.39 bits per heavy atom. The molecule has 3 fully saturated rings. The summed E-state index contributed by atoms with van der Waals surface area (Å²) in [5, 5.41) is 3.74. The van der Waals surface area contributed by atoms with Crippen LogP contribution in [0.25, 0.3) is 0 Å². The number of nitrogens with zero attached hydrogens (tertiary/aromatic N) is 1. The first-order valence-corrected chi connectivity index (χ1v) is 7.75. The van der Waals surface area contributed by atoms with Crippen molar-refractivity contribution in [1.29, 1.82) is 0 Å². The molecular weight excluding hydrogens is 224 g/mol. The molecule has 0 aromatic heterocycles. The Morgan fingerprint density at radius 1 is 0.889 bits per heavy atom. The monoisotopic (exact) mass is 252 g/mol. The van der Waals surface area contributed by atoms with Crippen LogP contribution in [0.5, 0.6) is 0 Å². The Kier molecular flexibility index (Phi) is 3.65. The van der Waals surface area contributed by atoms with Crippen LogP contribution in [0, 0.1) is 0 Å². The van der Waals surface area contributed by atoms with E-state index < -0.39 is 0 Å². The van der Waals surface area contributed by atoms with Crippen molar-refractivity contribution in [2.45, 2.75) is 88.7 Å². The van der Waals surface area contributed by atoms with Crippen molar-refractivity contribution in [3.8, 4) is 0 Å². The lowest BCUT2D eigenvalue weighted by Crippen LogP contribution is -2.52. The van der Waals surface area contributed by atoms with Crippen LogP contribution in [0.3, 0.4) is 0 Å². The summed E-state index contributed by atoms with van der Waals surface area (Å²) in [7, 11) is 2.35. The Balaban J connectivity index is 1.61. The van der Waals surface area contributed by atoms with E-state index in [9.17, 15) is 0 Å². The average molecular weight is 252 g/mol. The number of hydrogen-bond acceptors (Lipinski definition) is 3. The van der Waals surface area contributed by atoms with Crippen molar-refractivity contribution < 1.29 is 4.74 Å². The van der Waals surface area contributed by atoms with Gasteiger partial charge in [-0.1, -0.05) is 0 Å². The summed E-state index contributed by atoms with van der Waals surface area (Å²) >= 11 is 0. The lowest BCUT2D eigenvalue weighted by Gasteiger charge is -2.43. The molecule has 3 nitrogen and oxygen atoms in total. The number of ether oxygens (including phenoxy) is 1. The fraction of sp³-hybridized carbons (Fsp3) is 1.00. The number of piperidine rings is 1. The summed E-state index contributed by atoms with van der Waals surface area (Å²) < 4.78 is 5.87. The first-order valence-electron chi connectivity index (χ1n) is 7.75. The highest BCUT2D eigenvalue weighted by molar-refractivity contribution is 4.96. The fourth-order valence-corrected chi connectivity index (χ4v) is 4.36. The van der Waals surface area contributed by atoms with Crippen LogP contribution in [-0.2, 0) is 4.74 Å². The molecule has 3 aliphatic heterocycles. The van der Waals surface area contributed by atoms with Gasteiger partial charge >= 0.3 is 0 Å². The Morgan fingerprint density at radius 3 is 1.94 bits per heavy atom. The van der Waals surface area contributed by atoms with Crippen LogP contribution in [0.2, 0.25) is 0 Å². The first-order chi connectivity index (χ1) is 8.61. The van der Waals surface area contributed by atoms with Crippen LogP contribution in [0.15, 0.2) is 0 Å². The molecule has 3 rings (SSSR count). The van der Waals surface area contributed by atoms with Crippen molar-refractivity contribution in [2.75, 3.05) is 7.05 Å². The summed E-state index contributed by atoms with van der Waals surface area (Å²) in [4.78, 5) is 2.68. The van der Waals surface area contributed by atoms with Crippen LogP contribution >= 0.6 is 0 Å². The molecule has 0 aromatic carbocycles. The van der Waals surface area contributed by atoms with Gasteiger partial charge in [0.1, 0.15) is 0 Å². The minimum Gasteiger partial charge on any atom is -0.375 e. The number of hydrogen-bond donors (Lipinski definition) is 1. The predicted molar refractivity (Wildman–Crippen MR) is 73.8 cm³/mol. The van der Waals surface area contributed by atoms with Gasteiger partial charge in [0.25, 0.3) is 0 Å². The molecule has 0 spiro atoms. The van der Waals surface area contributed by atoms with Crippen molar-refractivity contribution in [3.05, 3.63) is 0 Å². The molecule has 3 heteroatoms. The highest BCUT2D eigenvalue weighted by Gasteiger charge is 2.38. The summed E-state index contributed by atoms with van der Waals surface area (Å²) in [6, 6.07) is 3.12. The number of rotatable bonds is 2. The number of fused-ring (bicyclic) bond motifs is 2. The molecule has 0 aliphatic carbocycles. The molecule has 3 aliphatic rings. The van der Waals surface area contributed by atoms with E-state index >= 15 is 0 Å². The largest absolute Gasteiger partial charge is 0.375 e. The van der Waals surface area contributed by atoms with Gasteiger partial charge < -0.3 is 15.0 Å². The van der Waals surface area contributed by atoms with Crippen LogP contribution in [0.1, 0.15) is 52.4 Å². The number of nitrogens with one attached hydrogen (secondary N) is 1. The standard InChI is InChI=1S/C15H28N2O/c1-10-6-14(7-11(2)18-10)17(3)15-8-12-4-5-13(9-15)16-12/h10-16H,4-9H2,1-3H3. The molecule has 2 bridgehead atoms. The second-order valence-corrected chi connectivity index (χ2v) is 6.81. The third-order valence-corrected chi connectivity index (χ3v) is 5.27. The molecule has 3 saturated heterocycles. The highest BCUT2D eigenvalue weighted by Crippen LogP contribution is 2.32. The fourth-order valence-electron chi connectivity index (χ4n) is 4.36. The maximum atomic E-state index is 5.87. The van der Waals surface area contributed by atoms with Gasteiger partial charge in [-0.25, -0.2) is 0 Å². The molecule has 4 atom stereocenters. The molecule has 104 valence electrons. The van der Waals surface area contributed by atoms with E-state index in [4.69, 9.17) is 4.74 Å². The highest BCUT2D eigenvalue weighted by atomic mass is 16.5. The molecule has 4 unspecified atom stereocenters. The van der Waals surface area contributed by atoms with Crippen molar-refractivity contribution in [1.82, 2.24) is 10.2 Å². The van der Waals surface area contributed by atoms with E-state index in [0.29, 0.717) is 12.2 Å². The van der Waals surface area contributed by atoms with Gasteiger partial charge in [0, 0.05) is 24.2 Å². The van der Waals surface area contributed by atoms with Crippen molar-refractivity contribution >= 4 is 0 Å². The van der Waals surface area contributed by atoms with Crippen molar-refractivity contribution in [2.24, 2.45) is 0 Å². The Hall–Kier alpha value is -0.120. The maximum Gasteiger partial charge on any atom is 0.0565 e. The topological polar surface area (TPSA) is 24.5 Å². The van der Waals surface area contributed by atoms with E-state index in [0.717, 1.165) is 24.2 Å². The summed E-state index contributed by atoms with van der Waals surface area (Å²) in [6.07, 6.45) is 8.78. The van der Waals surface area contributed by atoms with Gasteiger partial charge in [-0.15, -0.1) is 0 Å². The summed E-state index contributed by atoms with van der Waals surface area (Å²) in [5.74, 6) is 0. The van der Waals surface area contributed by atoms with Crippen LogP contribution in [-0.4, -0.2) is 48.3 Å². The molecule has 3 heterocycles. The molecular formula is C15H28N2O. The molecule has 0 amide bonds. The molecule has 0 aromatic rings. The Bertz CT molecular complexity index is 272. The third kappa shape index (κ3) is 2.59. The summed E-state index contributed by atoms with van der Waals surface area (Å²) in [5.41, 5.74) is 0. The van der Waals surface area contributed by atoms with E-state index in [-0.39, 0.29) is 0 Å². The third-order valence-electron chi connectivity index (χ3n) is 5.27. The van der Waals surface area contributed by atoms with E-state index in [1.54, 1.807) is 0 Å². The molecule has 0 saturated carbocycles. The van der Waals surface area contributed by atoms with E-state index in [1.807, 2.05) is 0 Å². The zero-order valence-electron chi connectivity index (χ0n) is 12.1. The van der Waals surface area contributed by atoms with Gasteiger partial charge in [-0.2, -0.15) is 0 Å². The average Bonchev–Trinajstić information content (AvgIpc) is 2.66. The normalized spacial score (nSPS) is 48.7. The summed E-state index contributed by atoms with van der Waals surface area (Å²) in [6.45, 7) is 4.45. The molecule has 1 N–H and O–H groups in total. The zero-order valence-corrected chi connectivity index (χ0v) is 12.1. The minimum absolute atomic E-state index is 0.430. The minimum atomic E-state index is 0.430. The lowest BCUT2D eigenvalue weighted by molar-refractivity contribution is -0.0699. The smallest absolute Gasteiger partial charge is 0.0565 e. The lowest BCUT2D eigenvalue weighted by atomic mass is 9.92. The van der Waals surface area contributed by atoms with Gasteiger partial charge in [0.15, 0.2) is 0 Å². The maximum absolute atomic E-state index is 5.87. The van der Waals surface area contributed by atoms with Gasteiger partial charge in [0.2, 0.25) is 0 Å². The second kappa shape index (κ2) is 5.10. The van der Waals surface area contributed by atoms with Crippen LogP contribution in [0.4, 0.5) is 0 Å². The second-order valence-electron chi connectivity index (χ2n) is 6.81. The zero-order chi connectivity index (χ0) is 12.7. The van der Waals surface area contributed by atoms with Gasteiger partial charge in [-0.3, -0.25) is 0 Å². The molecule has 18 heavy (non-hydrogen) atoms. The van der Waals surface area contributed by atoms with E-state index in [1.165, 1.54) is 38.5 Å².